The van der Waals surface area contributed by atoms with Crippen molar-refractivity contribution in [1.29, 1.82) is 0 Å². The molecule has 8 nitrogen and oxygen atoms in total. The van der Waals surface area contributed by atoms with Gasteiger partial charge in [-0.25, -0.2) is 5.43 Å². The number of rotatable bonds is 7. The van der Waals surface area contributed by atoms with Gasteiger partial charge in [0.15, 0.2) is 6.61 Å². The molecule has 0 fully saturated rings. The van der Waals surface area contributed by atoms with Gasteiger partial charge in [-0.3, -0.25) is 14.9 Å². The van der Waals surface area contributed by atoms with Crippen molar-refractivity contribution in [2.24, 2.45) is 5.10 Å². The third-order valence-electron chi connectivity index (χ3n) is 3.90. The zero-order valence-corrected chi connectivity index (χ0v) is 15.1. The van der Waals surface area contributed by atoms with Crippen LogP contribution in [0.15, 0.2) is 72.0 Å². The number of aryl methyl sites for hydroxylation is 1. The van der Waals surface area contributed by atoms with Gasteiger partial charge >= 0.3 is 0 Å². The van der Waals surface area contributed by atoms with Gasteiger partial charge in [0, 0.05) is 24.0 Å². The third-order valence-corrected chi connectivity index (χ3v) is 3.90. The first kappa shape index (κ1) is 18.8. The van der Waals surface area contributed by atoms with E-state index in [1.807, 2.05) is 25.1 Å². The minimum atomic E-state index is -0.448. The molecular formula is C20H18N4O4. The average molecular weight is 378 g/mol. The SMILES string of the molecule is Cc1ccc(OCC(=O)N/N=C\c2cccn2-c2ccc([N+](=O)[O-])cc2)cc1. The van der Waals surface area contributed by atoms with Crippen LogP contribution in [0.4, 0.5) is 5.69 Å². The number of hydrogen-bond acceptors (Lipinski definition) is 5. The number of hydrogen-bond donors (Lipinski definition) is 1. The first-order chi connectivity index (χ1) is 13.5. The van der Waals surface area contributed by atoms with Gasteiger partial charge in [-0.05, 0) is 43.3 Å². The van der Waals surface area contributed by atoms with Crippen molar-refractivity contribution in [3.05, 3.63) is 88.2 Å². The molecule has 1 heterocycles. The lowest BCUT2D eigenvalue weighted by Gasteiger charge is -2.06. The number of carbonyl (C=O) groups excluding carboxylic acids is 1. The van der Waals surface area contributed by atoms with E-state index >= 15 is 0 Å². The van der Waals surface area contributed by atoms with Crippen molar-refractivity contribution in [2.75, 3.05) is 6.61 Å². The first-order valence-electron chi connectivity index (χ1n) is 8.46. The molecule has 3 rings (SSSR count). The summed E-state index contributed by atoms with van der Waals surface area (Å²) in [6, 6.07) is 17.2. The topological polar surface area (TPSA) is 98.8 Å². The van der Waals surface area contributed by atoms with Gasteiger partial charge in [0.05, 0.1) is 16.8 Å². The van der Waals surface area contributed by atoms with Crippen molar-refractivity contribution < 1.29 is 14.5 Å². The van der Waals surface area contributed by atoms with Crippen LogP contribution in [-0.4, -0.2) is 28.2 Å². The Morgan fingerprint density at radius 1 is 1.18 bits per heavy atom. The molecule has 1 amide bonds. The summed E-state index contributed by atoms with van der Waals surface area (Å²) in [5.41, 5.74) is 4.98. The van der Waals surface area contributed by atoms with Gasteiger partial charge in [0.2, 0.25) is 0 Å². The third kappa shape index (κ3) is 4.82. The molecule has 0 atom stereocenters. The van der Waals surface area contributed by atoms with Gasteiger partial charge in [0.25, 0.3) is 11.6 Å². The van der Waals surface area contributed by atoms with Gasteiger partial charge in [0.1, 0.15) is 5.75 Å². The van der Waals surface area contributed by atoms with Crippen LogP contribution >= 0.6 is 0 Å². The molecule has 0 aliphatic heterocycles. The van der Waals surface area contributed by atoms with Gasteiger partial charge in [-0.1, -0.05) is 17.7 Å². The lowest BCUT2D eigenvalue weighted by molar-refractivity contribution is -0.384. The van der Waals surface area contributed by atoms with E-state index in [2.05, 4.69) is 10.5 Å². The molecule has 3 aromatic rings. The van der Waals surface area contributed by atoms with Crippen molar-refractivity contribution >= 4 is 17.8 Å². The molecule has 0 saturated heterocycles. The van der Waals surface area contributed by atoms with E-state index in [0.29, 0.717) is 11.4 Å². The summed E-state index contributed by atoms with van der Waals surface area (Å²) in [5.74, 6) is 0.224. The second-order valence-electron chi connectivity index (χ2n) is 5.97. The fourth-order valence-corrected chi connectivity index (χ4v) is 2.46. The van der Waals surface area contributed by atoms with Crippen LogP contribution in [0.3, 0.4) is 0 Å². The molecule has 1 aromatic heterocycles. The maximum Gasteiger partial charge on any atom is 0.277 e. The Kier molecular flexibility index (Phi) is 5.81. The normalized spacial score (nSPS) is 10.8. The number of nitrogens with zero attached hydrogens (tertiary/aromatic N) is 3. The predicted octanol–water partition coefficient (Wildman–Crippen LogP) is 3.22. The fourth-order valence-electron chi connectivity index (χ4n) is 2.46. The highest BCUT2D eigenvalue weighted by molar-refractivity contribution is 5.82. The molecule has 28 heavy (non-hydrogen) atoms. The molecule has 8 heteroatoms. The van der Waals surface area contributed by atoms with Gasteiger partial charge in [-0.2, -0.15) is 5.10 Å². The highest BCUT2D eigenvalue weighted by atomic mass is 16.6. The number of amides is 1. The molecule has 0 bridgehead atoms. The van der Waals surface area contributed by atoms with E-state index in [1.165, 1.54) is 18.3 Å². The van der Waals surface area contributed by atoms with Crippen LogP contribution in [0.1, 0.15) is 11.3 Å². The molecule has 0 unspecified atom stereocenters. The Bertz CT molecular complexity index is 992. The highest BCUT2D eigenvalue weighted by Crippen LogP contribution is 2.17. The Balaban J connectivity index is 1.57. The molecule has 142 valence electrons. The van der Waals surface area contributed by atoms with E-state index in [1.54, 1.807) is 41.1 Å². The molecule has 0 aliphatic rings. The van der Waals surface area contributed by atoms with Crippen molar-refractivity contribution in [2.45, 2.75) is 6.92 Å². The van der Waals surface area contributed by atoms with Crippen molar-refractivity contribution in [3.8, 4) is 11.4 Å². The molecule has 0 radical (unpaired) electrons. The second-order valence-corrected chi connectivity index (χ2v) is 5.97. The fraction of sp³-hybridized carbons (Fsp3) is 0.100. The van der Waals surface area contributed by atoms with Crippen molar-refractivity contribution in [1.82, 2.24) is 9.99 Å². The van der Waals surface area contributed by atoms with Crippen LogP contribution in [0, 0.1) is 17.0 Å². The summed E-state index contributed by atoms with van der Waals surface area (Å²) in [7, 11) is 0. The average Bonchev–Trinajstić information content (AvgIpc) is 3.16. The summed E-state index contributed by atoms with van der Waals surface area (Å²) >= 11 is 0. The van der Waals surface area contributed by atoms with E-state index < -0.39 is 4.92 Å². The van der Waals surface area contributed by atoms with Crippen LogP contribution < -0.4 is 10.2 Å². The maximum atomic E-state index is 11.8. The van der Waals surface area contributed by atoms with E-state index in [4.69, 9.17) is 4.74 Å². The summed E-state index contributed by atoms with van der Waals surface area (Å²) in [6.07, 6.45) is 3.29. The maximum absolute atomic E-state index is 11.8. The molecule has 0 saturated carbocycles. The standard InChI is InChI=1S/C20H18N4O4/c1-15-4-10-19(11-5-15)28-14-20(25)22-21-13-18-3-2-12-23(18)16-6-8-17(9-7-16)24(26)27/h2-13H,14H2,1H3,(H,22,25)/b21-13-. The first-order valence-corrected chi connectivity index (χ1v) is 8.46. The van der Waals surface area contributed by atoms with Gasteiger partial charge in [-0.15, -0.1) is 0 Å². The zero-order chi connectivity index (χ0) is 19.9. The minimum Gasteiger partial charge on any atom is -0.484 e. The summed E-state index contributed by atoms with van der Waals surface area (Å²) in [6.45, 7) is 1.82. The van der Waals surface area contributed by atoms with Crippen molar-refractivity contribution in [3.63, 3.8) is 0 Å². The lowest BCUT2D eigenvalue weighted by atomic mass is 10.2. The lowest BCUT2D eigenvalue weighted by Crippen LogP contribution is -2.24. The van der Waals surface area contributed by atoms with Crippen LogP contribution in [0.25, 0.3) is 5.69 Å². The number of ether oxygens (including phenoxy) is 1. The van der Waals surface area contributed by atoms with Crippen LogP contribution in [-0.2, 0) is 4.79 Å². The number of nitro benzene ring substituents is 1. The van der Waals surface area contributed by atoms with E-state index in [9.17, 15) is 14.9 Å². The van der Waals surface area contributed by atoms with Gasteiger partial charge < -0.3 is 9.30 Å². The highest BCUT2D eigenvalue weighted by Gasteiger charge is 2.07. The predicted molar refractivity (Wildman–Crippen MR) is 105 cm³/mol. The summed E-state index contributed by atoms with van der Waals surface area (Å²) in [4.78, 5) is 22.2. The second kappa shape index (κ2) is 8.63. The van der Waals surface area contributed by atoms with Crippen LogP contribution in [0.2, 0.25) is 0 Å². The number of non-ortho nitro benzene ring substituents is 1. The summed E-state index contributed by atoms with van der Waals surface area (Å²) < 4.78 is 7.18. The minimum absolute atomic E-state index is 0.0203. The molecule has 0 aliphatic carbocycles. The Morgan fingerprint density at radius 3 is 2.57 bits per heavy atom. The monoisotopic (exact) mass is 378 g/mol. The van der Waals surface area contributed by atoms with E-state index in [-0.39, 0.29) is 18.2 Å². The van der Waals surface area contributed by atoms with Crippen LogP contribution in [0.5, 0.6) is 5.75 Å². The Morgan fingerprint density at radius 2 is 1.89 bits per heavy atom. The number of benzene rings is 2. The number of nitrogens with one attached hydrogen (secondary N) is 1. The number of carbonyl (C=O) groups is 1. The molecular weight excluding hydrogens is 360 g/mol. The number of hydrazone groups is 1. The summed E-state index contributed by atoms with van der Waals surface area (Å²) in [5, 5.41) is 14.7. The Labute approximate surface area is 161 Å². The number of aromatic nitrogens is 1. The smallest absolute Gasteiger partial charge is 0.277 e. The number of nitro groups is 1. The largest absolute Gasteiger partial charge is 0.484 e. The quantitative estimate of drug-likeness (QED) is 0.388. The zero-order valence-electron chi connectivity index (χ0n) is 15.1. The molecule has 0 spiro atoms. The van der Waals surface area contributed by atoms with E-state index in [0.717, 1.165) is 11.3 Å². The molecule has 2 aromatic carbocycles. The molecule has 1 N–H and O–H groups in total. The Hall–Kier alpha value is -3.94.